The van der Waals surface area contributed by atoms with Crippen molar-refractivity contribution in [3.05, 3.63) is 28.8 Å². The Bertz CT molecular complexity index is 475. The van der Waals surface area contributed by atoms with Gasteiger partial charge >= 0.3 is 0 Å². The average molecular weight is 288 g/mol. The third kappa shape index (κ3) is 3.81. The topological polar surface area (TPSA) is 20.2 Å². The van der Waals surface area contributed by atoms with Crippen LogP contribution in [-0.2, 0) is 0 Å². The molecule has 0 radical (unpaired) electrons. The second-order valence-corrected chi connectivity index (χ2v) is 7.67. The van der Waals surface area contributed by atoms with E-state index in [-0.39, 0.29) is 0 Å². The van der Waals surface area contributed by atoms with Crippen LogP contribution < -0.4 is 0 Å². The molecule has 0 bridgehead atoms. The molecule has 1 unspecified atom stereocenters. The van der Waals surface area contributed by atoms with Gasteiger partial charge in [-0.3, -0.25) is 0 Å². The number of aromatic hydroxyl groups is 1. The first-order valence-electron chi connectivity index (χ1n) is 8.73. The van der Waals surface area contributed by atoms with Crippen molar-refractivity contribution in [2.24, 2.45) is 11.8 Å². The van der Waals surface area contributed by atoms with Gasteiger partial charge in [0.25, 0.3) is 0 Å². The highest BCUT2D eigenvalue weighted by molar-refractivity contribution is 5.48. The number of phenolic OH excluding ortho intramolecular Hbond substituents is 1. The molecule has 118 valence electrons. The zero-order valence-electron chi connectivity index (χ0n) is 14.4. The van der Waals surface area contributed by atoms with Crippen molar-refractivity contribution in [3.8, 4) is 5.75 Å². The Balaban J connectivity index is 2.18. The minimum atomic E-state index is 0.500. The lowest BCUT2D eigenvalue weighted by Crippen LogP contribution is -2.19. The van der Waals surface area contributed by atoms with Crippen molar-refractivity contribution in [3.63, 3.8) is 0 Å². The highest BCUT2D eigenvalue weighted by Gasteiger charge is 2.30. The molecule has 0 fully saturated rings. The summed E-state index contributed by atoms with van der Waals surface area (Å²) >= 11 is 0. The standard InChI is InChI=1S/C20H32O/c1-13(2)7-6-8-15(4)17-10-9-16(5)20-18(17)11-14(3)12-19(20)21/h11-13,15-17,21H,6-10H2,1-5H3/t15-,16+,17?/m0/s1. The summed E-state index contributed by atoms with van der Waals surface area (Å²) in [5.74, 6) is 3.18. The number of fused-ring (bicyclic) bond motifs is 1. The lowest BCUT2D eigenvalue weighted by molar-refractivity contribution is 0.344. The molecule has 0 aliphatic heterocycles. The Labute approximate surface area is 130 Å². The second kappa shape index (κ2) is 6.85. The monoisotopic (exact) mass is 288 g/mol. The molecule has 1 aliphatic carbocycles. The van der Waals surface area contributed by atoms with Gasteiger partial charge in [0.1, 0.15) is 5.75 Å². The predicted octanol–water partition coefficient (Wildman–Crippen LogP) is 6.14. The van der Waals surface area contributed by atoms with Crippen molar-refractivity contribution in [2.75, 3.05) is 0 Å². The van der Waals surface area contributed by atoms with E-state index in [0.717, 1.165) is 11.8 Å². The molecule has 0 spiro atoms. The van der Waals surface area contributed by atoms with E-state index in [4.69, 9.17) is 0 Å². The highest BCUT2D eigenvalue weighted by atomic mass is 16.3. The first-order chi connectivity index (χ1) is 9.90. The number of phenols is 1. The van der Waals surface area contributed by atoms with Crippen LogP contribution in [0, 0.1) is 18.8 Å². The minimum absolute atomic E-state index is 0.500. The Morgan fingerprint density at radius 1 is 1.14 bits per heavy atom. The van der Waals surface area contributed by atoms with Gasteiger partial charge in [0, 0.05) is 5.56 Å². The maximum absolute atomic E-state index is 10.4. The van der Waals surface area contributed by atoms with E-state index in [1.54, 1.807) is 0 Å². The molecule has 21 heavy (non-hydrogen) atoms. The molecule has 1 aromatic rings. The van der Waals surface area contributed by atoms with Crippen LogP contribution in [0.3, 0.4) is 0 Å². The zero-order valence-corrected chi connectivity index (χ0v) is 14.4. The summed E-state index contributed by atoms with van der Waals surface area (Å²) in [6.07, 6.45) is 6.46. The van der Waals surface area contributed by atoms with Crippen molar-refractivity contribution < 1.29 is 5.11 Å². The van der Waals surface area contributed by atoms with Crippen LogP contribution in [0.2, 0.25) is 0 Å². The van der Waals surface area contributed by atoms with Gasteiger partial charge in [-0.25, -0.2) is 0 Å². The number of rotatable bonds is 5. The average Bonchev–Trinajstić information content (AvgIpc) is 2.37. The van der Waals surface area contributed by atoms with Gasteiger partial charge in [0.2, 0.25) is 0 Å². The molecule has 0 heterocycles. The van der Waals surface area contributed by atoms with Gasteiger partial charge in [-0.1, -0.05) is 53.0 Å². The van der Waals surface area contributed by atoms with Gasteiger partial charge < -0.3 is 5.11 Å². The fraction of sp³-hybridized carbons (Fsp3) is 0.700. The van der Waals surface area contributed by atoms with Crippen LogP contribution in [0.4, 0.5) is 0 Å². The first kappa shape index (κ1) is 16.4. The van der Waals surface area contributed by atoms with E-state index < -0.39 is 0 Å². The third-order valence-electron chi connectivity index (χ3n) is 5.27. The lowest BCUT2D eigenvalue weighted by atomic mass is 9.71. The Kier molecular flexibility index (Phi) is 5.35. The molecule has 1 aliphatic rings. The first-order valence-corrected chi connectivity index (χ1v) is 8.73. The van der Waals surface area contributed by atoms with Crippen LogP contribution in [0.5, 0.6) is 5.75 Å². The van der Waals surface area contributed by atoms with Crippen LogP contribution in [0.25, 0.3) is 0 Å². The fourth-order valence-electron chi connectivity index (χ4n) is 4.02. The number of benzene rings is 1. The number of aryl methyl sites for hydroxylation is 1. The number of hydrogen-bond acceptors (Lipinski definition) is 1. The van der Waals surface area contributed by atoms with Gasteiger partial charge in [-0.2, -0.15) is 0 Å². The van der Waals surface area contributed by atoms with Crippen molar-refractivity contribution in [2.45, 2.75) is 78.6 Å². The lowest BCUT2D eigenvalue weighted by Gasteiger charge is -2.34. The van der Waals surface area contributed by atoms with Crippen molar-refractivity contribution in [1.82, 2.24) is 0 Å². The molecule has 1 nitrogen and oxygen atoms in total. The molecular weight excluding hydrogens is 256 g/mol. The highest BCUT2D eigenvalue weighted by Crippen LogP contribution is 2.47. The Morgan fingerprint density at radius 2 is 1.86 bits per heavy atom. The summed E-state index contributed by atoms with van der Waals surface area (Å²) in [6.45, 7) is 11.4. The summed E-state index contributed by atoms with van der Waals surface area (Å²) < 4.78 is 0. The summed E-state index contributed by atoms with van der Waals surface area (Å²) in [7, 11) is 0. The molecule has 0 saturated heterocycles. The molecule has 3 atom stereocenters. The largest absolute Gasteiger partial charge is 0.508 e. The molecule has 1 heteroatoms. The fourth-order valence-corrected chi connectivity index (χ4v) is 4.02. The van der Waals surface area contributed by atoms with Crippen LogP contribution in [0.15, 0.2) is 12.1 Å². The zero-order chi connectivity index (χ0) is 15.6. The Hall–Kier alpha value is -0.980. The molecule has 0 aromatic heterocycles. The van der Waals surface area contributed by atoms with E-state index in [0.29, 0.717) is 17.6 Å². The van der Waals surface area contributed by atoms with Gasteiger partial charge in [-0.15, -0.1) is 0 Å². The van der Waals surface area contributed by atoms with Gasteiger partial charge in [0.05, 0.1) is 0 Å². The van der Waals surface area contributed by atoms with Crippen molar-refractivity contribution in [1.29, 1.82) is 0 Å². The summed E-state index contributed by atoms with van der Waals surface area (Å²) in [6, 6.07) is 4.26. The molecule has 2 rings (SSSR count). The van der Waals surface area contributed by atoms with E-state index in [1.807, 2.05) is 6.07 Å². The minimum Gasteiger partial charge on any atom is -0.508 e. The van der Waals surface area contributed by atoms with E-state index in [9.17, 15) is 5.11 Å². The number of hydrogen-bond donors (Lipinski definition) is 1. The third-order valence-corrected chi connectivity index (χ3v) is 5.27. The predicted molar refractivity (Wildman–Crippen MR) is 91.1 cm³/mol. The quantitative estimate of drug-likeness (QED) is 0.689. The smallest absolute Gasteiger partial charge is 0.119 e. The molecule has 1 aromatic carbocycles. The van der Waals surface area contributed by atoms with Crippen LogP contribution >= 0.6 is 0 Å². The van der Waals surface area contributed by atoms with Crippen LogP contribution in [-0.4, -0.2) is 5.11 Å². The summed E-state index contributed by atoms with van der Waals surface area (Å²) in [4.78, 5) is 0. The van der Waals surface area contributed by atoms with Crippen LogP contribution in [0.1, 0.15) is 88.3 Å². The van der Waals surface area contributed by atoms with E-state index in [1.165, 1.54) is 48.8 Å². The van der Waals surface area contributed by atoms with E-state index in [2.05, 4.69) is 40.7 Å². The summed E-state index contributed by atoms with van der Waals surface area (Å²) in [5, 5.41) is 10.4. The van der Waals surface area contributed by atoms with Gasteiger partial charge in [0.15, 0.2) is 0 Å². The normalized spacial score (nSPS) is 23.1. The maximum Gasteiger partial charge on any atom is 0.119 e. The second-order valence-electron chi connectivity index (χ2n) is 7.67. The Morgan fingerprint density at radius 3 is 2.52 bits per heavy atom. The molecule has 0 saturated carbocycles. The molecule has 1 N–H and O–H groups in total. The van der Waals surface area contributed by atoms with Crippen molar-refractivity contribution >= 4 is 0 Å². The molecule has 0 amide bonds. The van der Waals surface area contributed by atoms with E-state index >= 15 is 0 Å². The maximum atomic E-state index is 10.4. The summed E-state index contributed by atoms with van der Waals surface area (Å²) in [5.41, 5.74) is 3.86. The van der Waals surface area contributed by atoms with Gasteiger partial charge in [-0.05, 0) is 60.6 Å². The molecular formula is C20H32O. The SMILES string of the molecule is Cc1cc(O)c2c(c1)C([C@@H](C)CCCC(C)C)CC[C@H]2C.